The van der Waals surface area contributed by atoms with Crippen LogP contribution in [0.1, 0.15) is 17.7 Å². The fourth-order valence-corrected chi connectivity index (χ4v) is 3.51. The van der Waals surface area contributed by atoms with Gasteiger partial charge >= 0.3 is 12.1 Å². The number of hydrogen-bond acceptors (Lipinski definition) is 3. The number of amides is 1. The van der Waals surface area contributed by atoms with E-state index >= 15 is 0 Å². The molecule has 1 N–H and O–H groups in total. The molecule has 1 aliphatic rings. The van der Waals surface area contributed by atoms with Crippen LogP contribution in [0, 0.1) is 5.41 Å². The zero-order valence-corrected chi connectivity index (χ0v) is 12.9. The topological polar surface area (TPSA) is 57.6 Å². The second kappa shape index (κ2) is 6.08. The average molecular weight is 356 g/mol. The van der Waals surface area contributed by atoms with Gasteiger partial charge in [-0.15, -0.1) is 11.3 Å². The summed E-state index contributed by atoms with van der Waals surface area (Å²) in [7, 11) is 0. The lowest BCUT2D eigenvalue weighted by atomic mass is 9.86. The third-order valence-corrected chi connectivity index (χ3v) is 5.08. The molecule has 0 saturated carbocycles. The van der Waals surface area contributed by atoms with Crippen molar-refractivity contribution >= 4 is 34.8 Å². The number of aliphatic carboxylic acids is 1. The number of carbonyl (C=O) groups excluding carboxylic acids is 1. The number of likely N-dealkylation sites (tertiary alicyclic amines) is 1. The second-order valence-electron chi connectivity index (χ2n) is 5.16. The number of thiophene rings is 1. The van der Waals surface area contributed by atoms with E-state index in [1.54, 1.807) is 12.1 Å². The van der Waals surface area contributed by atoms with Gasteiger partial charge in [0.15, 0.2) is 5.41 Å². The predicted octanol–water partition coefficient (Wildman–Crippen LogP) is 3.20. The molecule has 22 heavy (non-hydrogen) atoms. The van der Waals surface area contributed by atoms with Gasteiger partial charge in [0.05, 0.1) is 4.34 Å². The summed E-state index contributed by atoms with van der Waals surface area (Å²) in [4.78, 5) is 24.9. The Bertz CT molecular complexity index is 589. The van der Waals surface area contributed by atoms with Gasteiger partial charge in [0.25, 0.3) is 0 Å². The van der Waals surface area contributed by atoms with Crippen molar-refractivity contribution in [2.24, 2.45) is 5.41 Å². The van der Waals surface area contributed by atoms with Gasteiger partial charge in [0.2, 0.25) is 5.91 Å². The molecule has 122 valence electrons. The Hall–Kier alpha value is -1.28. The minimum absolute atomic E-state index is 0.0321. The lowest BCUT2D eigenvalue weighted by molar-refractivity contribution is -0.227. The van der Waals surface area contributed by atoms with Crippen molar-refractivity contribution in [1.82, 2.24) is 4.90 Å². The van der Waals surface area contributed by atoms with Gasteiger partial charge in [0, 0.05) is 24.4 Å². The maximum Gasteiger partial charge on any atom is 0.406 e. The molecule has 2 heterocycles. The van der Waals surface area contributed by atoms with E-state index in [1.807, 2.05) is 0 Å². The van der Waals surface area contributed by atoms with Crippen molar-refractivity contribution in [3.05, 3.63) is 21.3 Å². The first-order chi connectivity index (χ1) is 10.2. The Morgan fingerprint density at radius 3 is 2.55 bits per heavy atom. The Labute approximate surface area is 133 Å². The predicted molar refractivity (Wildman–Crippen MR) is 75.0 cm³/mol. The van der Waals surface area contributed by atoms with Crippen LogP contribution < -0.4 is 0 Å². The number of carboxylic acid groups (broad SMARTS) is 1. The summed E-state index contributed by atoms with van der Waals surface area (Å²) in [6.45, 7) is -1.02. The van der Waals surface area contributed by atoms with Gasteiger partial charge in [-0.05, 0) is 25.0 Å². The third-order valence-electron chi connectivity index (χ3n) is 3.79. The van der Waals surface area contributed by atoms with Crippen LogP contribution in [0.15, 0.2) is 12.1 Å². The van der Waals surface area contributed by atoms with Gasteiger partial charge < -0.3 is 10.0 Å². The van der Waals surface area contributed by atoms with Gasteiger partial charge in [0.1, 0.15) is 0 Å². The minimum Gasteiger partial charge on any atom is -0.481 e. The fraction of sp³-hybridized carbons (Fsp3) is 0.538. The van der Waals surface area contributed by atoms with Crippen molar-refractivity contribution in [2.75, 3.05) is 13.1 Å². The minimum atomic E-state index is -4.88. The zero-order valence-electron chi connectivity index (χ0n) is 11.3. The molecule has 2 rings (SSSR count). The van der Waals surface area contributed by atoms with Gasteiger partial charge in [-0.1, -0.05) is 11.6 Å². The lowest BCUT2D eigenvalue weighted by Gasteiger charge is -2.27. The Kier molecular flexibility index (Phi) is 4.72. The first kappa shape index (κ1) is 17.1. The molecule has 0 bridgehead atoms. The summed E-state index contributed by atoms with van der Waals surface area (Å²) in [5.74, 6) is -2.41. The lowest BCUT2D eigenvalue weighted by Crippen LogP contribution is -2.47. The highest BCUT2D eigenvalue weighted by atomic mass is 35.5. The van der Waals surface area contributed by atoms with Crippen LogP contribution in [0.5, 0.6) is 0 Å². The summed E-state index contributed by atoms with van der Waals surface area (Å²) in [5, 5.41) is 8.94. The number of nitrogens with zero attached hydrogens (tertiary/aromatic N) is 1. The maximum absolute atomic E-state index is 13.0. The molecule has 1 amide bonds. The van der Waals surface area contributed by atoms with E-state index < -0.39 is 36.4 Å². The Morgan fingerprint density at radius 1 is 1.41 bits per heavy atom. The van der Waals surface area contributed by atoms with Crippen LogP contribution in [-0.2, 0) is 16.0 Å². The smallest absolute Gasteiger partial charge is 0.406 e. The SMILES string of the molecule is O=C(CCc1ccc(Cl)s1)N1CCC(C(=O)O)(C(F)(F)F)C1. The van der Waals surface area contributed by atoms with E-state index in [4.69, 9.17) is 16.7 Å². The molecule has 1 saturated heterocycles. The standard InChI is InChI=1S/C13H13ClF3NO3S/c14-9-3-1-8(22-9)2-4-10(19)18-6-5-12(7-18,11(20)21)13(15,16)17/h1,3H,2,4-7H2,(H,20,21). The molecule has 1 unspecified atom stereocenters. The molecule has 9 heteroatoms. The number of carboxylic acids is 1. The molecular formula is C13H13ClF3NO3S. The van der Waals surface area contributed by atoms with Gasteiger partial charge in [-0.25, -0.2) is 0 Å². The largest absolute Gasteiger partial charge is 0.481 e. The molecule has 0 radical (unpaired) electrons. The van der Waals surface area contributed by atoms with Crippen molar-refractivity contribution in [1.29, 1.82) is 0 Å². The zero-order chi connectivity index (χ0) is 16.5. The van der Waals surface area contributed by atoms with Crippen molar-refractivity contribution in [3.8, 4) is 0 Å². The van der Waals surface area contributed by atoms with Crippen LogP contribution >= 0.6 is 22.9 Å². The van der Waals surface area contributed by atoms with Crippen molar-refractivity contribution in [2.45, 2.75) is 25.4 Å². The second-order valence-corrected chi connectivity index (χ2v) is 6.96. The van der Waals surface area contributed by atoms with Crippen LogP contribution in [0.4, 0.5) is 13.2 Å². The molecular weight excluding hydrogens is 343 g/mol. The molecule has 4 nitrogen and oxygen atoms in total. The first-order valence-electron chi connectivity index (χ1n) is 6.48. The summed E-state index contributed by atoms with van der Waals surface area (Å²) in [6, 6.07) is 3.43. The highest BCUT2D eigenvalue weighted by Gasteiger charge is 2.64. The number of halogens is 4. The number of alkyl halides is 3. The van der Waals surface area contributed by atoms with Crippen LogP contribution in [0.2, 0.25) is 4.34 Å². The summed E-state index contributed by atoms with van der Waals surface area (Å²) in [6.07, 6.45) is -5.08. The Balaban J connectivity index is 1.99. The van der Waals surface area contributed by atoms with E-state index in [0.717, 1.165) is 9.78 Å². The number of aryl methyl sites for hydroxylation is 1. The summed E-state index contributed by atoms with van der Waals surface area (Å²) < 4.78 is 39.7. The average Bonchev–Trinajstić information content (AvgIpc) is 3.02. The van der Waals surface area contributed by atoms with Crippen LogP contribution in [0.3, 0.4) is 0 Å². The number of carbonyl (C=O) groups is 2. The van der Waals surface area contributed by atoms with Crippen LogP contribution in [-0.4, -0.2) is 41.1 Å². The monoisotopic (exact) mass is 355 g/mol. The summed E-state index contributed by atoms with van der Waals surface area (Å²) >= 11 is 7.06. The number of rotatable bonds is 4. The molecule has 1 aromatic rings. The van der Waals surface area contributed by atoms with E-state index in [0.29, 0.717) is 10.8 Å². The molecule has 1 fully saturated rings. The molecule has 0 aliphatic carbocycles. The third kappa shape index (κ3) is 3.22. The Morgan fingerprint density at radius 2 is 2.09 bits per heavy atom. The maximum atomic E-state index is 13.0. The highest BCUT2D eigenvalue weighted by Crippen LogP contribution is 2.45. The van der Waals surface area contributed by atoms with Crippen molar-refractivity contribution in [3.63, 3.8) is 0 Å². The molecule has 1 atom stereocenters. The molecule has 1 aromatic heterocycles. The molecule has 1 aliphatic heterocycles. The fourth-order valence-electron chi connectivity index (χ4n) is 2.42. The quantitative estimate of drug-likeness (QED) is 0.902. The molecule has 0 aromatic carbocycles. The first-order valence-corrected chi connectivity index (χ1v) is 7.67. The normalized spacial score (nSPS) is 22.1. The van der Waals surface area contributed by atoms with Gasteiger partial charge in [-0.3, -0.25) is 9.59 Å². The van der Waals surface area contributed by atoms with Crippen molar-refractivity contribution < 1.29 is 27.9 Å². The van der Waals surface area contributed by atoms with E-state index in [-0.39, 0.29) is 13.0 Å². The summed E-state index contributed by atoms with van der Waals surface area (Å²) in [5.41, 5.74) is -2.85. The van der Waals surface area contributed by atoms with Gasteiger partial charge in [-0.2, -0.15) is 13.2 Å². The van der Waals surface area contributed by atoms with E-state index in [1.165, 1.54) is 11.3 Å². The molecule has 0 spiro atoms. The number of hydrogen-bond donors (Lipinski definition) is 1. The van der Waals surface area contributed by atoms with E-state index in [2.05, 4.69) is 0 Å². The van der Waals surface area contributed by atoms with Crippen LogP contribution in [0.25, 0.3) is 0 Å². The highest BCUT2D eigenvalue weighted by molar-refractivity contribution is 7.16. The van der Waals surface area contributed by atoms with E-state index in [9.17, 15) is 22.8 Å².